The molecule has 0 bridgehead atoms. The molecule has 0 radical (unpaired) electrons. The van der Waals surface area contributed by atoms with E-state index in [-0.39, 0.29) is 17.3 Å². The van der Waals surface area contributed by atoms with Gasteiger partial charge in [-0.2, -0.15) is 0 Å². The molecule has 2 aromatic rings. The molecule has 0 aliphatic rings. The summed E-state index contributed by atoms with van der Waals surface area (Å²) in [5.41, 5.74) is 1.27. The van der Waals surface area contributed by atoms with Gasteiger partial charge < -0.3 is 10.1 Å². The molecule has 6 heteroatoms. The zero-order chi connectivity index (χ0) is 15.4. The van der Waals surface area contributed by atoms with Crippen molar-refractivity contribution in [3.63, 3.8) is 0 Å². The van der Waals surface area contributed by atoms with E-state index in [9.17, 15) is 13.6 Å². The Hall–Kier alpha value is -2.14. The SMILES string of the molecule is COC(=O)c1ccc(CNc2c(F)cc(F)cc2Cl)cc1. The molecule has 0 fully saturated rings. The van der Waals surface area contributed by atoms with Crippen LogP contribution in [0.15, 0.2) is 36.4 Å². The monoisotopic (exact) mass is 311 g/mol. The van der Waals surface area contributed by atoms with Crippen molar-refractivity contribution in [3.05, 3.63) is 64.2 Å². The van der Waals surface area contributed by atoms with Crippen molar-refractivity contribution in [2.75, 3.05) is 12.4 Å². The first-order valence-corrected chi connectivity index (χ1v) is 6.44. The van der Waals surface area contributed by atoms with Crippen LogP contribution in [0.1, 0.15) is 15.9 Å². The minimum atomic E-state index is -0.758. The fourth-order valence-electron chi connectivity index (χ4n) is 1.78. The van der Waals surface area contributed by atoms with Crippen molar-refractivity contribution in [2.24, 2.45) is 0 Å². The summed E-state index contributed by atoms with van der Waals surface area (Å²) in [6.45, 7) is 0.281. The molecule has 0 heterocycles. The number of carbonyl (C=O) groups is 1. The van der Waals surface area contributed by atoms with Crippen molar-refractivity contribution in [3.8, 4) is 0 Å². The van der Waals surface area contributed by atoms with E-state index >= 15 is 0 Å². The fraction of sp³-hybridized carbons (Fsp3) is 0.133. The quantitative estimate of drug-likeness (QED) is 0.867. The van der Waals surface area contributed by atoms with E-state index in [0.29, 0.717) is 5.56 Å². The van der Waals surface area contributed by atoms with Crippen LogP contribution in [0, 0.1) is 11.6 Å². The number of methoxy groups -OCH3 is 1. The molecule has 0 aliphatic heterocycles. The van der Waals surface area contributed by atoms with Crippen LogP contribution in [-0.2, 0) is 11.3 Å². The first-order chi connectivity index (χ1) is 10.0. The van der Waals surface area contributed by atoms with E-state index in [1.54, 1.807) is 24.3 Å². The normalized spacial score (nSPS) is 10.3. The topological polar surface area (TPSA) is 38.3 Å². The zero-order valence-corrected chi connectivity index (χ0v) is 11.9. The number of hydrogen-bond acceptors (Lipinski definition) is 3. The van der Waals surface area contributed by atoms with Gasteiger partial charge in [0.15, 0.2) is 5.82 Å². The standard InChI is InChI=1S/C15H12ClF2NO2/c1-21-15(20)10-4-2-9(3-5-10)8-19-14-12(16)6-11(17)7-13(14)18/h2-7,19H,8H2,1H3. The van der Waals surface area contributed by atoms with E-state index in [1.807, 2.05) is 0 Å². The third kappa shape index (κ3) is 3.70. The number of ether oxygens (including phenoxy) is 1. The van der Waals surface area contributed by atoms with Gasteiger partial charge in [-0.15, -0.1) is 0 Å². The van der Waals surface area contributed by atoms with Gasteiger partial charge in [-0.25, -0.2) is 13.6 Å². The second-order valence-corrected chi connectivity index (χ2v) is 4.69. The van der Waals surface area contributed by atoms with Crippen LogP contribution in [0.4, 0.5) is 14.5 Å². The molecule has 0 atom stereocenters. The maximum Gasteiger partial charge on any atom is 0.337 e. The minimum absolute atomic E-state index is 0.0290. The van der Waals surface area contributed by atoms with Crippen LogP contribution < -0.4 is 5.32 Å². The van der Waals surface area contributed by atoms with Crippen LogP contribution in [0.5, 0.6) is 0 Å². The van der Waals surface area contributed by atoms with Gasteiger partial charge in [0.05, 0.1) is 23.4 Å². The third-order valence-electron chi connectivity index (χ3n) is 2.85. The van der Waals surface area contributed by atoms with Gasteiger partial charge >= 0.3 is 5.97 Å². The molecule has 0 saturated heterocycles. The molecule has 0 unspecified atom stereocenters. The number of rotatable bonds is 4. The number of halogens is 3. The van der Waals surface area contributed by atoms with Crippen LogP contribution in [0.25, 0.3) is 0 Å². The van der Waals surface area contributed by atoms with Gasteiger partial charge in [-0.05, 0) is 23.8 Å². The molecule has 0 amide bonds. The summed E-state index contributed by atoms with van der Waals surface area (Å²) < 4.78 is 31.1. The number of esters is 1. The zero-order valence-electron chi connectivity index (χ0n) is 11.1. The molecule has 2 rings (SSSR count). The van der Waals surface area contributed by atoms with E-state index in [2.05, 4.69) is 10.1 Å². The average molecular weight is 312 g/mol. The second-order valence-electron chi connectivity index (χ2n) is 4.29. The predicted octanol–water partition coefficient (Wildman–Crippen LogP) is 4.02. The summed E-state index contributed by atoms with van der Waals surface area (Å²) in [4.78, 5) is 11.3. The number of anilines is 1. The molecule has 3 nitrogen and oxygen atoms in total. The average Bonchev–Trinajstić information content (AvgIpc) is 2.46. The van der Waals surface area contributed by atoms with Crippen molar-refractivity contribution in [1.82, 2.24) is 0 Å². The summed E-state index contributed by atoms with van der Waals surface area (Å²) in [6, 6.07) is 8.40. The lowest BCUT2D eigenvalue weighted by Gasteiger charge is -2.10. The Morgan fingerprint density at radius 1 is 1.24 bits per heavy atom. The summed E-state index contributed by atoms with van der Waals surface area (Å²) in [7, 11) is 1.30. The lowest BCUT2D eigenvalue weighted by atomic mass is 10.1. The van der Waals surface area contributed by atoms with E-state index in [1.165, 1.54) is 7.11 Å². The third-order valence-corrected chi connectivity index (χ3v) is 3.15. The van der Waals surface area contributed by atoms with E-state index in [4.69, 9.17) is 11.6 Å². The molecule has 0 aliphatic carbocycles. The van der Waals surface area contributed by atoms with Gasteiger partial charge in [-0.1, -0.05) is 23.7 Å². The molecule has 0 saturated carbocycles. The van der Waals surface area contributed by atoms with Gasteiger partial charge in [-0.3, -0.25) is 0 Å². The largest absolute Gasteiger partial charge is 0.465 e. The van der Waals surface area contributed by atoms with Crippen LogP contribution in [-0.4, -0.2) is 13.1 Å². The predicted molar refractivity (Wildman–Crippen MR) is 76.5 cm³/mol. The van der Waals surface area contributed by atoms with Crippen LogP contribution in [0.3, 0.4) is 0 Å². The Morgan fingerprint density at radius 3 is 2.48 bits per heavy atom. The Morgan fingerprint density at radius 2 is 1.90 bits per heavy atom. The first-order valence-electron chi connectivity index (χ1n) is 6.07. The lowest BCUT2D eigenvalue weighted by molar-refractivity contribution is 0.0600. The van der Waals surface area contributed by atoms with Crippen molar-refractivity contribution >= 4 is 23.3 Å². The van der Waals surface area contributed by atoms with E-state index in [0.717, 1.165) is 17.7 Å². The Balaban J connectivity index is 2.08. The maximum absolute atomic E-state index is 13.6. The first kappa shape index (κ1) is 15.3. The smallest absolute Gasteiger partial charge is 0.337 e. The van der Waals surface area contributed by atoms with Gasteiger partial charge in [0.2, 0.25) is 0 Å². The summed E-state index contributed by atoms with van der Waals surface area (Å²) in [5.74, 6) is -1.92. The molecule has 1 N–H and O–H groups in total. The molecular weight excluding hydrogens is 300 g/mol. The van der Waals surface area contributed by atoms with Gasteiger partial charge in [0.1, 0.15) is 5.82 Å². The molecule has 0 spiro atoms. The summed E-state index contributed by atoms with van der Waals surface area (Å²) in [5, 5.41) is 2.77. The maximum atomic E-state index is 13.6. The highest BCUT2D eigenvalue weighted by Gasteiger charge is 2.10. The Kier molecular flexibility index (Phi) is 4.75. The highest BCUT2D eigenvalue weighted by molar-refractivity contribution is 6.33. The number of carbonyl (C=O) groups excluding carboxylic acids is 1. The highest BCUT2D eigenvalue weighted by Crippen LogP contribution is 2.26. The Labute approximate surface area is 125 Å². The minimum Gasteiger partial charge on any atom is -0.465 e. The molecule has 2 aromatic carbocycles. The number of benzene rings is 2. The van der Waals surface area contributed by atoms with Crippen LogP contribution >= 0.6 is 11.6 Å². The van der Waals surface area contributed by atoms with Crippen molar-refractivity contribution in [1.29, 1.82) is 0 Å². The lowest BCUT2D eigenvalue weighted by Crippen LogP contribution is -2.04. The molecular formula is C15H12ClF2NO2. The van der Waals surface area contributed by atoms with Gasteiger partial charge in [0, 0.05) is 12.6 Å². The molecule has 0 aromatic heterocycles. The van der Waals surface area contributed by atoms with E-state index < -0.39 is 17.6 Å². The van der Waals surface area contributed by atoms with Gasteiger partial charge in [0.25, 0.3) is 0 Å². The fourth-order valence-corrected chi connectivity index (χ4v) is 2.04. The van der Waals surface area contributed by atoms with Crippen LogP contribution in [0.2, 0.25) is 5.02 Å². The summed E-state index contributed by atoms with van der Waals surface area (Å²) >= 11 is 5.78. The highest BCUT2D eigenvalue weighted by atomic mass is 35.5. The summed E-state index contributed by atoms with van der Waals surface area (Å²) in [6.07, 6.45) is 0. The van der Waals surface area contributed by atoms with Crippen molar-refractivity contribution < 1.29 is 18.3 Å². The number of hydrogen-bond donors (Lipinski definition) is 1. The second kappa shape index (κ2) is 6.54. The molecule has 110 valence electrons. The number of nitrogens with one attached hydrogen (secondary N) is 1. The molecule has 21 heavy (non-hydrogen) atoms. The Bertz CT molecular complexity index is 636. The van der Waals surface area contributed by atoms with Crippen molar-refractivity contribution in [2.45, 2.75) is 6.54 Å².